The quantitative estimate of drug-likeness (QED) is 0.772. The fourth-order valence-electron chi connectivity index (χ4n) is 2.82. The molecule has 1 N–H and O–H groups in total. The molecular formula is C18H20FN5O3. The number of amides is 3. The van der Waals surface area contributed by atoms with Crippen LogP contribution in [-0.2, 0) is 16.1 Å². The van der Waals surface area contributed by atoms with Gasteiger partial charge in [0.15, 0.2) is 0 Å². The lowest BCUT2D eigenvalue weighted by Gasteiger charge is -2.34. The lowest BCUT2D eigenvalue weighted by molar-refractivity contribution is -0.146. The topological polar surface area (TPSA) is 87.5 Å². The lowest BCUT2D eigenvalue weighted by Crippen LogP contribution is -2.54. The molecule has 8 nitrogen and oxygen atoms in total. The number of hydrogen-bond donors (Lipinski definition) is 1. The van der Waals surface area contributed by atoms with Gasteiger partial charge in [-0.15, -0.1) is 0 Å². The van der Waals surface area contributed by atoms with Gasteiger partial charge < -0.3 is 15.1 Å². The molecule has 1 saturated heterocycles. The highest BCUT2D eigenvalue weighted by Crippen LogP contribution is 2.10. The third-order valence-corrected chi connectivity index (χ3v) is 4.33. The Hall–Kier alpha value is -3.23. The average Bonchev–Trinajstić information content (AvgIpc) is 3.21. The Morgan fingerprint density at radius 3 is 2.33 bits per heavy atom. The number of nitrogens with one attached hydrogen (secondary N) is 1. The summed E-state index contributed by atoms with van der Waals surface area (Å²) < 4.78 is 14.6. The molecule has 0 saturated carbocycles. The minimum atomic E-state index is -0.666. The van der Waals surface area contributed by atoms with E-state index in [-0.39, 0.29) is 19.0 Å². The van der Waals surface area contributed by atoms with Crippen molar-refractivity contribution in [1.29, 1.82) is 0 Å². The molecule has 0 atom stereocenters. The van der Waals surface area contributed by atoms with Gasteiger partial charge in [-0.1, -0.05) is 0 Å². The molecule has 3 rings (SSSR count). The van der Waals surface area contributed by atoms with Crippen molar-refractivity contribution in [1.82, 2.24) is 24.9 Å². The molecule has 1 aliphatic heterocycles. The summed E-state index contributed by atoms with van der Waals surface area (Å²) >= 11 is 0. The third kappa shape index (κ3) is 4.69. The summed E-state index contributed by atoms with van der Waals surface area (Å²) in [6, 6.07) is 7.12. The van der Waals surface area contributed by atoms with E-state index in [1.807, 2.05) is 0 Å². The number of carbonyl (C=O) groups is 3. The van der Waals surface area contributed by atoms with E-state index in [4.69, 9.17) is 0 Å². The second kappa shape index (κ2) is 8.43. The fraction of sp³-hybridized carbons (Fsp3) is 0.333. The van der Waals surface area contributed by atoms with Crippen LogP contribution < -0.4 is 5.32 Å². The number of piperazine rings is 1. The Kier molecular flexibility index (Phi) is 5.80. The zero-order valence-corrected chi connectivity index (χ0v) is 14.7. The Morgan fingerprint density at radius 2 is 1.70 bits per heavy atom. The number of halogens is 1. The van der Waals surface area contributed by atoms with Gasteiger partial charge in [0.25, 0.3) is 5.91 Å². The predicted molar refractivity (Wildman–Crippen MR) is 94.1 cm³/mol. The van der Waals surface area contributed by atoms with Crippen molar-refractivity contribution in [3.05, 3.63) is 54.1 Å². The summed E-state index contributed by atoms with van der Waals surface area (Å²) in [6.45, 7) is 1.98. The van der Waals surface area contributed by atoms with E-state index in [0.29, 0.717) is 31.7 Å². The van der Waals surface area contributed by atoms with E-state index in [2.05, 4.69) is 10.4 Å². The maximum atomic E-state index is 13.0. The highest BCUT2D eigenvalue weighted by molar-refractivity contribution is 6.35. The summed E-state index contributed by atoms with van der Waals surface area (Å²) in [5.41, 5.74) is 0.396. The van der Waals surface area contributed by atoms with Crippen molar-refractivity contribution in [3.63, 3.8) is 0 Å². The van der Waals surface area contributed by atoms with Crippen LogP contribution in [0.25, 0.3) is 0 Å². The maximum Gasteiger partial charge on any atom is 0.312 e. The number of hydrogen-bond acceptors (Lipinski definition) is 4. The second-order valence-electron chi connectivity index (χ2n) is 6.12. The number of carbonyl (C=O) groups excluding carboxylic acids is 3. The average molecular weight is 373 g/mol. The predicted octanol–water partition coefficient (Wildman–Crippen LogP) is 0.123. The Balaban J connectivity index is 1.45. The Morgan fingerprint density at radius 1 is 1.04 bits per heavy atom. The zero-order chi connectivity index (χ0) is 19.2. The minimum absolute atomic E-state index is 0.217. The van der Waals surface area contributed by atoms with E-state index in [0.717, 1.165) is 0 Å². The SMILES string of the molecule is O=C(NCCn1cccn1)C(=O)N1CCN(C(=O)c2ccc(F)cc2)CC1. The summed E-state index contributed by atoms with van der Waals surface area (Å²) in [6.07, 6.45) is 3.41. The Bertz CT molecular complexity index is 799. The van der Waals surface area contributed by atoms with Gasteiger partial charge in [-0.05, 0) is 30.3 Å². The summed E-state index contributed by atoms with van der Waals surface area (Å²) in [7, 11) is 0. The van der Waals surface area contributed by atoms with Gasteiger partial charge >= 0.3 is 11.8 Å². The molecule has 3 amide bonds. The van der Waals surface area contributed by atoms with E-state index < -0.39 is 17.6 Å². The van der Waals surface area contributed by atoms with Gasteiger partial charge in [-0.25, -0.2) is 4.39 Å². The smallest absolute Gasteiger partial charge is 0.312 e. The number of nitrogens with zero attached hydrogens (tertiary/aromatic N) is 4. The van der Waals surface area contributed by atoms with E-state index in [1.165, 1.54) is 29.2 Å². The minimum Gasteiger partial charge on any atom is -0.346 e. The van der Waals surface area contributed by atoms with Crippen molar-refractivity contribution in [3.8, 4) is 0 Å². The van der Waals surface area contributed by atoms with Crippen LogP contribution in [0.4, 0.5) is 4.39 Å². The van der Waals surface area contributed by atoms with Gasteiger partial charge in [-0.3, -0.25) is 19.1 Å². The second-order valence-corrected chi connectivity index (χ2v) is 6.12. The third-order valence-electron chi connectivity index (χ3n) is 4.33. The molecule has 142 valence electrons. The molecule has 0 spiro atoms. The molecule has 2 heterocycles. The number of rotatable bonds is 4. The van der Waals surface area contributed by atoms with Gasteiger partial charge in [0.2, 0.25) is 0 Å². The molecule has 0 unspecified atom stereocenters. The van der Waals surface area contributed by atoms with Crippen LogP contribution in [0.5, 0.6) is 0 Å². The maximum absolute atomic E-state index is 13.0. The molecule has 1 aliphatic rings. The van der Waals surface area contributed by atoms with Crippen LogP contribution in [0, 0.1) is 5.82 Å². The highest BCUT2D eigenvalue weighted by Gasteiger charge is 2.28. The molecule has 0 radical (unpaired) electrons. The normalized spacial score (nSPS) is 14.1. The van der Waals surface area contributed by atoms with Crippen molar-refractivity contribution in [2.45, 2.75) is 6.54 Å². The lowest BCUT2D eigenvalue weighted by atomic mass is 10.1. The van der Waals surface area contributed by atoms with Crippen LogP contribution >= 0.6 is 0 Å². The molecule has 1 aromatic heterocycles. The molecule has 1 aromatic carbocycles. The highest BCUT2D eigenvalue weighted by atomic mass is 19.1. The molecule has 9 heteroatoms. The van der Waals surface area contributed by atoms with Crippen molar-refractivity contribution < 1.29 is 18.8 Å². The molecule has 0 aliphatic carbocycles. The van der Waals surface area contributed by atoms with Crippen LogP contribution in [0.15, 0.2) is 42.7 Å². The van der Waals surface area contributed by atoms with E-state index in [1.54, 1.807) is 28.0 Å². The first-order valence-electron chi connectivity index (χ1n) is 8.64. The molecular weight excluding hydrogens is 353 g/mol. The first-order valence-corrected chi connectivity index (χ1v) is 8.64. The van der Waals surface area contributed by atoms with E-state index in [9.17, 15) is 18.8 Å². The van der Waals surface area contributed by atoms with Crippen molar-refractivity contribution >= 4 is 17.7 Å². The van der Waals surface area contributed by atoms with Crippen LogP contribution in [0.3, 0.4) is 0 Å². The van der Waals surface area contributed by atoms with Crippen molar-refractivity contribution in [2.75, 3.05) is 32.7 Å². The summed E-state index contributed by atoms with van der Waals surface area (Å²) in [5.74, 6) is -1.89. The largest absolute Gasteiger partial charge is 0.346 e. The zero-order valence-electron chi connectivity index (χ0n) is 14.7. The fourth-order valence-corrected chi connectivity index (χ4v) is 2.82. The van der Waals surface area contributed by atoms with Crippen LogP contribution in [0.2, 0.25) is 0 Å². The van der Waals surface area contributed by atoms with Crippen LogP contribution in [0.1, 0.15) is 10.4 Å². The molecule has 1 fully saturated rings. The Labute approximate surface area is 155 Å². The molecule has 0 bridgehead atoms. The molecule has 2 aromatic rings. The van der Waals surface area contributed by atoms with Gasteiger partial charge in [0.05, 0.1) is 6.54 Å². The van der Waals surface area contributed by atoms with Crippen molar-refractivity contribution in [2.24, 2.45) is 0 Å². The summed E-state index contributed by atoms with van der Waals surface area (Å²) in [4.78, 5) is 39.6. The first-order chi connectivity index (χ1) is 13.0. The van der Waals surface area contributed by atoms with Crippen LogP contribution in [-0.4, -0.2) is 70.0 Å². The first kappa shape index (κ1) is 18.6. The van der Waals surface area contributed by atoms with E-state index >= 15 is 0 Å². The van der Waals surface area contributed by atoms with Gasteiger partial charge in [0, 0.05) is 50.7 Å². The monoisotopic (exact) mass is 373 g/mol. The standard InChI is InChI=1S/C18H20FN5O3/c19-15-4-2-14(3-5-15)17(26)22-10-12-23(13-11-22)18(27)16(25)20-7-9-24-8-1-6-21-24/h1-6,8H,7,9-13H2,(H,20,25). The number of benzene rings is 1. The van der Waals surface area contributed by atoms with Gasteiger partial charge in [-0.2, -0.15) is 5.10 Å². The van der Waals surface area contributed by atoms with Gasteiger partial charge in [0.1, 0.15) is 5.82 Å². The molecule has 27 heavy (non-hydrogen) atoms. The summed E-state index contributed by atoms with van der Waals surface area (Å²) in [5, 5.41) is 6.59. The number of aromatic nitrogens is 2.